The second-order valence-corrected chi connectivity index (χ2v) is 7.08. The molecule has 0 atom stereocenters. The summed E-state index contributed by atoms with van der Waals surface area (Å²) in [7, 11) is 0. The molecule has 1 N–H and O–H groups in total. The number of nitrogens with zero attached hydrogens (tertiary/aromatic N) is 5. The molecule has 8 nitrogen and oxygen atoms in total. The number of benzene rings is 2. The van der Waals surface area contributed by atoms with E-state index in [9.17, 15) is 0 Å². The van der Waals surface area contributed by atoms with Gasteiger partial charge in [-0.05, 0) is 56.3 Å². The molecule has 0 saturated carbocycles. The minimum absolute atomic E-state index is 0.0652. The molecule has 0 aliphatic heterocycles. The van der Waals surface area contributed by atoms with Gasteiger partial charge < -0.3 is 14.5 Å². The molecule has 29 heavy (non-hydrogen) atoms. The first-order valence-corrected chi connectivity index (χ1v) is 9.43. The summed E-state index contributed by atoms with van der Waals surface area (Å²) in [5.74, 6) is 2.03. The van der Waals surface area contributed by atoms with Gasteiger partial charge in [-0.2, -0.15) is 4.98 Å². The van der Waals surface area contributed by atoms with E-state index in [1.165, 1.54) is 0 Å². The number of hydrogen-bond acceptors (Lipinski definition) is 7. The van der Waals surface area contributed by atoms with Gasteiger partial charge in [0.25, 0.3) is 0 Å². The minimum atomic E-state index is 0.0652. The lowest BCUT2D eigenvalue weighted by Crippen LogP contribution is -2.05. The summed E-state index contributed by atoms with van der Waals surface area (Å²) >= 11 is 6.03. The number of aryl methyl sites for hydroxylation is 1. The number of anilines is 2. The van der Waals surface area contributed by atoms with Gasteiger partial charge in [0, 0.05) is 23.2 Å². The Balaban J connectivity index is 1.54. The number of ether oxygens (including phenoxy) is 1. The smallest absolute Gasteiger partial charge is 0.322 e. The Morgan fingerprint density at radius 1 is 1.10 bits per heavy atom. The quantitative estimate of drug-likeness (QED) is 0.454. The predicted octanol–water partition coefficient (Wildman–Crippen LogP) is 5.41. The Bertz CT molecular complexity index is 1120. The van der Waals surface area contributed by atoms with Crippen molar-refractivity contribution in [3.8, 4) is 23.2 Å². The van der Waals surface area contributed by atoms with Crippen LogP contribution < -0.4 is 10.1 Å². The summed E-state index contributed by atoms with van der Waals surface area (Å²) in [5.41, 5.74) is 1.65. The summed E-state index contributed by atoms with van der Waals surface area (Å²) in [4.78, 5) is 4.47. The van der Waals surface area contributed by atoms with E-state index in [1.807, 2.05) is 50.2 Å². The highest BCUT2D eigenvalue weighted by Crippen LogP contribution is 2.27. The van der Waals surface area contributed by atoms with Gasteiger partial charge in [-0.1, -0.05) is 17.7 Å². The summed E-state index contributed by atoms with van der Waals surface area (Å²) in [5, 5.41) is 16.1. The monoisotopic (exact) mass is 410 g/mol. The zero-order valence-electron chi connectivity index (χ0n) is 16.1. The maximum atomic E-state index is 6.03. The van der Waals surface area contributed by atoms with Crippen LogP contribution >= 0.6 is 11.6 Å². The van der Waals surface area contributed by atoms with Crippen molar-refractivity contribution in [2.24, 2.45) is 0 Å². The van der Waals surface area contributed by atoms with Crippen LogP contribution in [-0.2, 0) is 0 Å². The first-order chi connectivity index (χ1) is 14.0. The van der Waals surface area contributed by atoms with E-state index in [4.69, 9.17) is 20.8 Å². The van der Waals surface area contributed by atoms with Crippen molar-refractivity contribution < 1.29 is 9.15 Å². The molecule has 0 unspecified atom stereocenters. The average molecular weight is 411 g/mol. The molecular weight excluding hydrogens is 392 g/mol. The van der Waals surface area contributed by atoms with Crippen LogP contribution in [0.4, 0.5) is 11.6 Å². The lowest BCUT2D eigenvalue weighted by molar-refractivity contribution is 0.376. The molecule has 4 aromatic rings. The molecule has 0 fully saturated rings. The van der Waals surface area contributed by atoms with Gasteiger partial charge in [-0.25, -0.2) is 4.68 Å². The number of hydrogen-bond donors (Lipinski definition) is 1. The Labute approximate surface area is 172 Å². The molecule has 9 heteroatoms. The van der Waals surface area contributed by atoms with Crippen LogP contribution in [0.25, 0.3) is 11.5 Å². The van der Waals surface area contributed by atoms with Gasteiger partial charge in [0.1, 0.15) is 5.75 Å². The maximum Gasteiger partial charge on any atom is 0.322 e. The molecule has 2 aromatic carbocycles. The Kier molecular flexibility index (Phi) is 5.18. The highest BCUT2D eigenvalue weighted by molar-refractivity contribution is 6.30. The van der Waals surface area contributed by atoms with Crippen LogP contribution in [0.3, 0.4) is 0 Å². The first-order valence-electron chi connectivity index (χ1n) is 9.05. The molecule has 0 radical (unpaired) electrons. The molecule has 0 amide bonds. The largest absolute Gasteiger partial charge is 0.424 e. The molecule has 0 bridgehead atoms. The van der Waals surface area contributed by atoms with E-state index in [2.05, 4.69) is 25.6 Å². The van der Waals surface area contributed by atoms with Crippen LogP contribution in [0.2, 0.25) is 5.02 Å². The highest BCUT2D eigenvalue weighted by Gasteiger charge is 2.15. The van der Waals surface area contributed by atoms with Gasteiger partial charge >= 0.3 is 6.01 Å². The van der Waals surface area contributed by atoms with Crippen molar-refractivity contribution in [1.29, 1.82) is 0 Å². The molecule has 2 aromatic heterocycles. The number of rotatable bonds is 6. The molecule has 0 saturated heterocycles. The van der Waals surface area contributed by atoms with E-state index in [-0.39, 0.29) is 6.04 Å². The molecule has 148 valence electrons. The fourth-order valence-electron chi connectivity index (χ4n) is 2.64. The van der Waals surface area contributed by atoms with Gasteiger partial charge in [-0.15, -0.1) is 15.3 Å². The Morgan fingerprint density at radius 2 is 1.90 bits per heavy atom. The topological polar surface area (TPSA) is 90.9 Å². The van der Waals surface area contributed by atoms with Crippen LogP contribution in [0.5, 0.6) is 11.8 Å². The van der Waals surface area contributed by atoms with Gasteiger partial charge in [0.05, 0.1) is 6.04 Å². The van der Waals surface area contributed by atoms with Crippen molar-refractivity contribution in [2.75, 3.05) is 5.32 Å². The summed E-state index contributed by atoms with van der Waals surface area (Å²) in [6, 6.07) is 15.1. The summed E-state index contributed by atoms with van der Waals surface area (Å²) < 4.78 is 13.0. The SMILES string of the molecule is Cc1nnc(-c2ccc(Nc3nc(Oc4cccc(Cl)c4)n(C(C)C)n3)cc2)o1. The average Bonchev–Trinajstić information content (AvgIpc) is 3.29. The van der Waals surface area contributed by atoms with Crippen LogP contribution in [0.1, 0.15) is 25.8 Å². The highest BCUT2D eigenvalue weighted by atomic mass is 35.5. The Morgan fingerprint density at radius 3 is 2.55 bits per heavy atom. The fourth-order valence-corrected chi connectivity index (χ4v) is 2.82. The number of nitrogens with one attached hydrogen (secondary N) is 1. The zero-order chi connectivity index (χ0) is 20.4. The molecule has 0 aliphatic carbocycles. The lowest BCUT2D eigenvalue weighted by Gasteiger charge is -2.09. The van der Waals surface area contributed by atoms with E-state index in [0.717, 1.165) is 11.3 Å². The molecule has 4 rings (SSSR count). The molecular formula is C20H19ClN6O2. The second kappa shape index (κ2) is 7.92. The van der Waals surface area contributed by atoms with Gasteiger partial charge in [0.2, 0.25) is 17.7 Å². The van der Waals surface area contributed by atoms with Gasteiger partial charge in [0.15, 0.2) is 0 Å². The third-order valence-electron chi connectivity index (χ3n) is 4.01. The number of aromatic nitrogens is 5. The van der Waals surface area contributed by atoms with E-state index in [0.29, 0.717) is 34.5 Å². The fraction of sp³-hybridized carbons (Fsp3) is 0.200. The van der Waals surface area contributed by atoms with E-state index >= 15 is 0 Å². The predicted molar refractivity (Wildman–Crippen MR) is 110 cm³/mol. The van der Waals surface area contributed by atoms with Gasteiger partial charge in [-0.3, -0.25) is 0 Å². The summed E-state index contributed by atoms with van der Waals surface area (Å²) in [6.07, 6.45) is 0. The minimum Gasteiger partial charge on any atom is -0.424 e. The molecule has 2 heterocycles. The third-order valence-corrected chi connectivity index (χ3v) is 4.24. The van der Waals surface area contributed by atoms with Crippen molar-refractivity contribution in [1.82, 2.24) is 25.0 Å². The van der Waals surface area contributed by atoms with Crippen LogP contribution in [-0.4, -0.2) is 25.0 Å². The van der Waals surface area contributed by atoms with Crippen molar-refractivity contribution in [3.05, 3.63) is 59.4 Å². The summed E-state index contributed by atoms with van der Waals surface area (Å²) in [6.45, 7) is 5.77. The maximum absolute atomic E-state index is 6.03. The Hall–Kier alpha value is -3.39. The molecule has 0 spiro atoms. The van der Waals surface area contributed by atoms with Crippen molar-refractivity contribution in [2.45, 2.75) is 26.8 Å². The standard InChI is InChI=1S/C20H19ClN6O2/c1-12(2)27-20(29-17-6-4-5-15(21)11-17)23-19(26-27)22-16-9-7-14(8-10-16)18-25-24-13(3)28-18/h4-12H,1-3H3,(H,22,26). The van der Waals surface area contributed by atoms with Crippen molar-refractivity contribution >= 4 is 23.2 Å². The van der Waals surface area contributed by atoms with Crippen molar-refractivity contribution in [3.63, 3.8) is 0 Å². The zero-order valence-corrected chi connectivity index (χ0v) is 16.9. The molecule has 0 aliphatic rings. The van der Waals surface area contributed by atoms with Crippen LogP contribution in [0, 0.1) is 6.92 Å². The third kappa shape index (κ3) is 4.38. The normalized spacial score (nSPS) is 11.1. The van der Waals surface area contributed by atoms with E-state index < -0.39 is 0 Å². The lowest BCUT2D eigenvalue weighted by atomic mass is 10.2. The first kappa shape index (κ1) is 18.9. The second-order valence-electron chi connectivity index (χ2n) is 6.64. The number of halogens is 1. The van der Waals surface area contributed by atoms with Crippen LogP contribution in [0.15, 0.2) is 52.9 Å². The van der Waals surface area contributed by atoms with E-state index in [1.54, 1.807) is 23.7 Å².